The molecular formula is C20H31FN4O4. The van der Waals surface area contributed by atoms with Crippen molar-refractivity contribution in [1.29, 1.82) is 0 Å². The van der Waals surface area contributed by atoms with Gasteiger partial charge < -0.3 is 30.1 Å². The van der Waals surface area contributed by atoms with Crippen molar-refractivity contribution in [3.05, 3.63) is 18.1 Å². The lowest BCUT2D eigenvalue weighted by Gasteiger charge is -2.43. The molecule has 1 aromatic heterocycles. The molecule has 1 aromatic rings. The quantitative estimate of drug-likeness (QED) is 0.640. The molecule has 29 heavy (non-hydrogen) atoms. The summed E-state index contributed by atoms with van der Waals surface area (Å²) in [6.07, 6.45) is 3.50. The topological polar surface area (TPSA) is 96.0 Å². The van der Waals surface area contributed by atoms with Gasteiger partial charge in [-0.15, -0.1) is 0 Å². The van der Waals surface area contributed by atoms with Crippen LogP contribution in [0.5, 0.6) is 5.88 Å². The van der Waals surface area contributed by atoms with Crippen LogP contribution in [0.1, 0.15) is 46.5 Å². The number of fused-ring (bicyclic) bond motifs is 1. The number of rotatable bonds is 5. The molecule has 3 rings (SSSR count). The summed E-state index contributed by atoms with van der Waals surface area (Å²) in [7, 11) is 0. The lowest BCUT2D eigenvalue weighted by Crippen LogP contribution is -2.52. The normalized spacial score (nSPS) is 24.4. The Bertz CT molecular complexity index is 704. The first-order valence-corrected chi connectivity index (χ1v) is 10.2. The first-order chi connectivity index (χ1) is 13.7. The summed E-state index contributed by atoms with van der Waals surface area (Å²) in [5.74, 6) is -0.0792. The van der Waals surface area contributed by atoms with Crippen molar-refractivity contribution < 1.29 is 23.8 Å². The molecule has 2 heterocycles. The number of anilines is 1. The average molecular weight is 410 g/mol. The van der Waals surface area contributed by atoms with Gasteiger partial charge in [0.2, 0.25) is 5.88 Å². The zero-order chi connectivity index (χ0) is 21.0. The zero-order valence-corrected chi connectivity index (χ0v) is 17.3. The summed E-state index contributed by atoms with van der Waals surface area (Å²) in [6.45, 7) is 6.77. The van der Waals surface area contributed by atoms with E-state index in [1.54, 1.807) is 0 Å². The number of hydrogen-bond acceptors (Lipinski definition) is 7. The van der Waals surface area contributed by atoms with Gasteiger partial charge in [0.1, 0.15) is 23.7 Å². The number of carbonyl (C=O) groups excluding carboxylic acids is 1. The number of nitrogens with one attached hydrogen (secondary N) is 2. The summed E-state index contributed by atoms with van der Waals surface area (Å²) >= 11 is 0. The van der Waals surface area contributed by atoms with Gasteiger partial charge in [0, 0.05) is 31.2 Å². The third-order valence-electron chi connectivity index (χ3n) is 5.08. The second-order valence-corrected chi connectivity index (χ2v) is 8.56. The van der Waals surface area contributed by atoms with Crippen molar-refractivity contribution in [2.24, 2.45) is 0 Å². The van der Waals surface area contributed by atoms with Gasteiger partial charge in [-0.2, -0.15) is 0 Å². The summed E-state index contributed by atoms with van der Waals surface area (Å²) in [4.78, 5) is 17.5. The van der Waals surface area contributed by atoms with Gasteiger partial charge in [-0.25, -0.2) is 14.2 Å². The van der Waals surface area contributed by atoms with Crippen molar-refractivity contribution in [2.75, 3.05) is 24.6 Å². The number of pyridine rings is 1. The fourth-order valence-electron chi connectivity index (χ4n) is 3.86. The average Bonchev–Trinajstić information content (AvgIpc) is 2.64. The standard InChI is InChI=1S/C20H31FN4O4/c1-20(2,3)29-19(27)23-9-8-22-14-4-6-15(7-5-14)25-16-10-13(21)11-24-18(16)28-12-17(25)26/h10-11,14-15,17,22,26H,4-9,12H2,1-3H3,(H,23,27). The summed E-state index contributed by atoms with van der Waals surface area (Å²) in [5, 5.41) is 16.6. The number of halogens is 1. The summed E-state index contributed by atoms with van der Waals surface area (Å²) in [6, 6.07) is 1.82. The predicted molar refractivity (Wildman–Crippen MR) is 106 cm³/mol. The largest absolute Gasteiger partial charge is 0.471 e. The Morgan fingerprint density at radius 3 is 2.76 bits per heavy atom. The number of hydrogen-bond donors (Lipinski definition) is 3. The van der Waals surface area contributed by atoms with Crippen LogP contribution in [0.25, 0.3) is 0 Å². The lowest BCUT2D eigenvalue weighted by molar-refractivity contribution is 0.0527. The van der Waals surface area contributed by atoms with Crippen LogP contribution in [0, 0.1) is 5.82 Å². The maximum Gasteiger partial charge on any atom is 0.407 e. The highest BCUT2D eigenvalue weighted by molar-refractivity contribution is 5.67. The number of alkyl carbamates (subject to hydrolysis) is 1. The molecule has 0 bridgehead atoms. The van der Waals surface area contributed by atoms with Gasteiger partial charge in [-0.3, -0.25) is 0 Å². The van der Waals surface area contributed by atoms with Crippen LogP contribution in [0.4, 0.5) is 14.9 Å². The molecule has 162 valence electrons. The minimum atomic E-state index is -0.807. The van der Waals surface area contributed by atoms with E-state index in [4.69, 9.17) is 9.47 Å². The van der Waals surface area contributed by atoms with Crippen LogP contribution in [-0.2, 0) is 4.74 Å². The van der Waals surface area contributed by atoms with Crippen molar-refractivity contribution in [2.45, 2.75) is 70.4 Å². The molecule has 1 atom stereocenters. The molecule has 0 saturated heterocycles. The van der Waals surface area contributed by atoms with Gasteiger partial charge in [-0.1, -0.05) is 0 Å². The van der Waals surface area contributed by atoms with Gasteiger partial charge in [0.05, 0.1) is 6.20 Å². The maximum atomic E-state index is 13.7. The monoisotopic (exact) mass is 410 g/mol. The first-order valence-electron chi connectivity index (χ1n) is 10.2. The molecule has 3 N–H and O–H groups in total. The minimum Gasteiger partial charge on any atom is -0.471 e. The number of aliphatic hydroxyl groups is 1. The number of amides is 1. The third kappa shape index (κ3) is 5.93. The summed E-state index contributed by atoms with van der Waals surface area (Å²) < 4.78 is 24.3. The van der Waals surface area contributed by atoms with E-state index in [0.717, 1.165) is 31.9 Å². The third-order valence-corrected chi connectivity index (χ3v) is 5.08. The maximum absolute atomic E-state index is 13.7. The molecular weight excluding hydrogens is 379 g/mol. The molecule has 0 spiro atoms. The second-order valence-electron chi connectivity index (χ2n) is 8.56. The van der Waals surface area contributed by atoms with Crippen molar-refractivity contribution in [3.8, 4) is 5.88 Å². The van der Waals surface area contributed by atoms with E-state index in [0.29, 0.717) is 30.7 Å². The Balaban J connectivity index is 1.44. The fourth-order valence-corrected chi connectivity index (χ4v) is 3.86. The molecule has 1 unspecified atom stereocenters. The Labute approximate surface area is 170 Å². The Morgan fingerprint density at radius 1 is 1.34 bits per heavy atom. The zero-order valence-electron chi connectivity index (χ0n) is 17.3. The SMILES string of the molecule is CC(C)(C)OC(=O)NCCNC1CCC(N2c3cc(F)cnc3OCC2O)CC1. The van der Waals surface area contributed by atoms with E-state index in [9.17, 15) is 14.3 Å². The van der Waals surface area contributed by atoms with Crippen LogP contribution in [0.15, 0.2) is 12.3 Å². The van der Waals surface area contributed by atoms with E-state index in [1.165, 1.54) is 6.07 Å². The molecule has 1 saturated carbocycles. The molecule has 1 aliphatic heterocycles. The van der Waals surface area contributed by atoms with Crippen LogP contribution in [0.2, 0.25) is 0 Å². The second kappa shape index (κ2) is 9.13. The highest BCUT2D eigenvalue weighted by Crippen LogP contribution is 2.37. The highest BCUT2D eigenvalue weighted by Gasteiger charge is 2.35. The van der Waals surface area contributed by atoms with E-state index < -0.39 is 23.7 Å². The first kappa shape index (κ1) is 21.6. The van der Waals surface area contributed by atoms with E-state index in [2.05, 4.69) is 15.6 Å². The van der Waals surface area contributed by atoms with Gasteiger partial charge in [0.15, 0.2) is 6.23 Å². The summed E-state index contributed by atoms with van der Waals surface area (Å²) in [5.41, 5.74) is 0.0125. The number of carbonyl (C=O) groups is 1. The van der Waals surface area contributed by atoms with Crippen molar-refractivity contribution in [3.63, 3.8) is 0 Å². The molecule has 2 aliphatic rings. The predicted octanol–water partition coefficient (Wildman–Crippen LogP) is 2.16. The van der Waals surface area contributed by atoms with Crippen LogP contribution >= 0.6 is 0 Å². The molecule has 1 amide bonds. The van der Waals surface area contributed by atoms with Gasteiger partial charge in [-0.05, 0) is 46.5 Å². The van der Waals surface area contributed by atoms with Crippen LogP contribution < -0.4 is 20.3 Å². The molecule has 9 heteroatoms. The van der Waals surface area contributed by atoms with Gasteiger partial charge >= 0.3 is 6.09 Å². The van der Waals surface area contributed by atoms with E-state index >= 15 is 0 Å². The van der Waals surface area contributed by atoms with Crippen LogP contribution in [0.3, 0.4) is 0 Å². The fraction of sp³-hybridized carbons (Fsp3) is 0.700. The van der Waals surface area contributed by atoms with E-state index in [1.807, 2.05) is 25.7 Å². The Kier molecular flexibility index (Phi) is 6.79. The van der Waals surface area contributed by atoms with Crippen molar-refractivity contribution >= 4 is 11.8 Å². The smallest absolute Gasteiger partial charge is 0.407 e. The number of aromatic nitrogens is 1. The molecule has 8 nitrogen and oxygen atoms in total. The Morgan fingerprint density at radius 2 is 2.07 bits per heavy atom. The van der Waals surface area contributed by atoms with Gasteiger partial charge in [0.25, 0.3) is 0 Å². The molecule has 0 radical (unpaired) electrons. The van der Waals surface area contributed by atoms with Crippen LogP contribution in [-0.4, -0.2) is 59.8 Å². The molecule has 1 aliphatic carbocycles. The number of aliphatic hydroxyl groups excluding tert-OH is 1. The minimum absolute atomic E-state index is 0.106. The lowest BCUT2D eigenvalue weighted by atomic mass is 9.89. The van der Waals surface area contributed by atoms with E-state index in [-0.39, 0.29) is 12.6 Å². The Hall–Kier alpha value is -2.13. The number of ether oxygens (including phenoxy) is 2. The molecule has 0 aromatic carbocycles. The number of nitrogens with zero attached hydrogens (tertiary/aromatic N) is 2. The highest BCUT2D eigenvalue weighted by atomic mass is 19.1. The van der Waals surface area contributed by atoms with Crippen molar-refractivity contribution in [1.82, 2.24) is 15.6 Å². The molecule has 1 fully saturated rings.